The zero-order chi connectivity index (χ0) is 31.8. The lowest BCUT2D eigenvalue weighted by molar-refractivity contribution is -0.115. The Bertz CT molecular complexity index is 1900. The zero-order valence-electron chi connectivity index (χ0n) is 22.1. The normalized spacial score (nSPS) is 12.7. The molecule has 0 aliphatic carbocycles. The molecule has 2 aromatic heterocycles. The molecule has 0 radical (unpaired) electrons. The molecule has 0 spiro atoms. The van der Waals surface area contributed by atoms with Crippen LogP contribution in [0.15, 0.2) is 64.4 Å². The minimum Gasteiger partial charge on any atom is -0.495 e. The van der Waals surface area contributed by atoms with Crippen LogP contribution >= 0.6 is 0 Å². The molecular weight excluding hydrogens is 628 g/mol. The van der Waals surface area contributed by atoms with Crippen LogP contribution < -0.4 is 15.4 Å². The number of hydrogen-bond acceptors (Lipinski definition) is 10. The number of nitrogens with one attached hydrogen (secondary N) is 2. The van der Waals surface area contributed by atoms with Crippen LogP contribution in [0.3, 0.4) is 0 Å². The highest BCUT2D eigenvalue weighted by molar-refractivity contribution is 7.92. The van der Waals surface area contributed by atoms with E-state index in [2.05, 4.69) is 25.6 Å². The number of fused-ring (bicyclic) bond motifs is 1. The van der Waals surface area contributed by atoms with Crippen LogP contribution in [-0.4, -0.2) is 63.4 Å². The van der Waals surface area contributed by atoms with Gasteiger partial charge in [-0.15, -0.1) is 0 Å². The molecule has 4 rings (SSSR count). The van der Waals surface area contributed by atoms with Gasteiger partial charge in [-0.25, -0.2) is 26.8 Å². The van der Waals surface area contributed by atoms with Gasteiger partial charge in [-0.1, -0.05) is 12.1 Å². The second-order valence-corrected chi connectivity index (χ2v) is 12.9. The van der Waals surface area contributed by atoms with Crippen LogP contribution in [0.2, 0.25) is 0 Å². The second-order valence-electron chi connectivity index (χ2n) is 9.02. The minimum absolute atomic E-state index is 0.00138. The molecule has 2 N–H and O–H groups in total. The van der Waals surface area contributed by atoms with Gasteiger partial charge in [-0.3, -0.25) is 0 Å². The topological polar surface area (TPSA) is 140 Å². The number of sulfone groups is 2. The highest BCUT2D eigenvalue weighted by Crippen LogP contribution is 2.38. The summed E-state index contributed by atoms with van der Waals surface area (Å²) in [5.74, 6) is -1.09. The Morgan fingerprint density at radius 3 is 2.21 bits per heavy atom. The van der Waals surface area contributed by atoms with Crippen molar-refractivity contribution in [2.45, 2.75) is 28.0 Å². The maximum atomic E-state index is 13.3. The van der Waals surface area contributed by atoms with Crippen molar-refractivity contribution in [3.63, 3.8) is 0 Å². The molecule has 0 saturated heterocycles. The number of pyridine rings is 1. The third-order valence-corrected chi connectivity index (χ3v) is 8.45. The monoisotopic (exact) mass is 649 g/mol. The first-order valence-corrected chi connectivity index (χ1v) is 15.3. The number of methoxy groups -OCH3 is 1. The van der Waals surface area contributed by atoms with Gasteiger partial charge in [0, 0.05) is 18.4 Å². The number of alkyl halides is 6. The Kier molecular flexibility index (Phi) is 8.47. The lowest BCUT2D eigenvalue weighted by Gasteiger charge is -2.15. The number of halogens is 6. The van der Waals surface area contributed by atoms with E-state index in [1.54, 1.807) is 6.07 Å². The summed E-state index contributed by atoms with van der Waals surface area (Å²) in [6.45, 7) is -1.52. The highest BCUT2D eigenvalue weighted by Gasteiger charge is 2.48. The first-order valence-electron chi connectivity index (χ1n) is 11.9. The number of ether oxygens (including phenoxy) is 1. The molecule has 0 amide bonds. The van der Waals surface area contributed by atoms with E-state index in [1.807, 2.05) is 0 Å². The fraction of sp³-hybridized carbons (Fsp3) is 0.240. The molecule has 0 saturated carbocycles. The van der Waals surface area contributed by atoms with Crippen LogP contribution in [0, 0.1) is 0 Å². The molecule has 10 nitrogen and oxygen atoms in total. The summed E-state index contributed by atoms with van der Waals surface area (Å²) >= 11 is 0. The van der Waals surface area contributed by atoms with Gasteiger partial charge >= 0.3 is 11.7 Å². The summed E-state index contributed by atoms with van der Waals surface area (Å²) in [5, 5.41) is 4.94. The molecule has 18 heteroatoms. The molecule has 0 aliphatic heterocycles. The maximum Gasteiger partial charge on any atom is 0.502 e. The van der Waals surface area contributed by atoms with E-state index in [4.69, 9.17) is 4.74 Å². The van der Waals surface area contributed by atoms with Gasteiger partial charge in [0.2, 0.25) is 5.95 Å². The molecule has 2 heterocycles. The summed E-state index contributed by atoms with van der Waals surface area (Å²) < 4.78 is 132. The number of anilines is 2. The molecule has 0 fully saturated rings. The van der Waals surface area contributed by atoms with Crippen LogP contribution in [0.1, 0.15) is 5.56 Å². The van der Waals surface area contributed by atoms with Crippen molar-refractivity contribution in [2.24, 2.45) is 0 Å². The lowest BCUT2D eigenvalue weighted by atomic mass is 10.1. The van der Waals surface area contributed by atoms with Gasteiger partial charge in [0.25, 0.3) is 9.84 Å². The van der Waals surface area contributed by atoms with E-state index in [1.165, 1.54) is 36.4 Å². The predicted molar refractivity (Wildman–Crippen MR) is 144 cm³/mol. The van der Waals surface area contributed by atoms with Gasteiger partial charge in [0.1, 0.15) is 22.7 Å². The van der Waals surface area contributed by atoms with Crippen molar-refractivity contribution >= 4 is 42.5 Å². The summed E-state index contributed by atoms with van der Waals surface area (Å²) in [4.78, 5) is 11.4. The quantitative estimate of drug-likeness (QED) is 0.239. The zero-order valence-corrected chi connectivity index (χ0v) is 23.7. The largest absolute Gasteiger partial charge is 0.502 e. The molecule has 4 aromatic rings. The summed E-state index contributed by atoms with van der Waals surface area (Å²) in [6, 6.07) is 11.4. The standard InChI is InChI=1S/C25H21F6N5O5S2/c1-41-19-9-6-15(11-20(19)43(39,40)25(29,30)31)17-7-8-18-21(34-17)22(33-13-24(26,27)28)36-23(35-18)32-12-14-4-3-5-16(10-14)42(2,37)38/h3-11H,12-13H2,1-2H3,(H2,32,33,35,36). The molecule has 0 bridgehead atoms. The molecule has 0 unspecified atom stereocenters. The molecular formula is C25H21F6N5O5S2. The Hall–Kier alpha value is -4.19. The van der Waals surface area contributed by atoms with Gasteiger partial charge in [-0.05, 0) is 48.0 Å². The number of hydrogen-bond donors (Lipinski definition) is 2. The Morgan fingerprint density at radius 2 is 1.58 bits per heavy atom. The van der Waals surface area contributed by atoms with Gasteiger partial charge in [0.05, 0.1) is 23.2 Å². The second kappa shape index (κ2) is 11.5. The summed E-state index contributed by atoms with van der Waals surface area (Å²) in [5.41, 5.74) is -5.48. The Labute approximate surface area is 241 Å². The third-order valence-electron chi connectivity index (χ3n) is 5.83. The molecule has 2 aromatic carbocycles. The van der Waals surface area contributed by atoms with Crippen LogP contribution in [0.25, 0.3) is 22.3 Å². The van der Waals surface area contributed by atoms with Gasteiger partial charge < -0.3 is 15.4 Å². The van der Waals surface area contributed by atoms with Crippen molar-refractivity contribution in [1.82, 2.24) is 15.0 Å². The Morgan fingerprint density at radius 1 is 0.860 bits per heavy atom. The SMILES string of the molecule is COc1ccc(-c2ccc3nc(NCc4cccc(S(C)(=O)=O)c4)nc(NCC(F)(F)F)c3n2)cc1S(=O)(=O)C(F)(F)F. The number of nitrogens with zero attached hydrogens (tertiary/aromatic N) is 3. The fourth-order valence-corrected chi connectivity index (χ4v) is 5.44. The lowest BCUT2D eigenvalue weighted by Crippen LogP contribution is -2.23. The van der Waals surface area contributed by atoms with E-state index in [0.717, 1.165) is 19.4 Å². The fourth-order valence-electron chi connectivity index (χ4n) is 3.80. The predicted octanol–water partition coefficient (Wildman–Crippen LogP) is 4.98. The van der Waals surface area contributed by atoms with Crippen molar-refractivity contribution in [3.8, 4) is 17.0 Å². The molecule has 0 aliphatic rings. The molecule has 43 heavy (non-hydrogen) atoms. The highest BCUT2D eigenvalue weighted by atomic mass is 32.2. The van der Waals surface area contributed by atoms with Gasteiger partial charge in [-0.2, -0.15) is 31.3 Å². The smallest absolute Gasteiger partial charge is 0.495 e. The summed E-state index contributed by atoms with van der Waals surface area (Å²) in [6.07, 6.45) is -3.63. The van der Waals surface area contributed by atoms with E-state index in [9.17, 15) is 43.2 Å². The van der Waals surface area contributed by atoms with Crippen LogP contribution in [-0.2, 0) is 26.2 Å². The van der Waals surface area contributed by atoms with E-state index >= 15 is 0 Å². The number of aromatic nitrogens is 3. The van der Waals surface area contributed by atoms with Crippen LogP contribution in [0.5, 0.6) is 5.75 Å². The third kappa shape index (κ3) is 7.24. The maximum absolute atomic E-state index is 13.3. The first-order chi connectivity index (χ1) is 19.9. The molecule has 230 valence electrons. The molecule has 0 atom stereocenters. The summed E-state index contributed by atoms with van der Waals surface area (Å²) in [7, 11) is -8.33. The average molecular weight is 650 g/mol. The van der Waals surface area contributed by atoms with E-state index < -0.39 is 48.5 Å². The van der Waals surface area contributed by atoms with Crippen molar-refractivity contribution < 1.29 is 47.9 Å². The van der Waals surface area contributed by atoms with E-state index in [-0.39, 0.29) is 45.5 Å². The van der Waals surface area contributed by atoms with Crippen molar-refractivity contribution in [1.29, 1.82) is 0 Å². The number of benzene rings is 2. The van der Waals surface area contributed by atoms with E-state index in [0.29, 0.717) is 11.6 Å². The Balaban J connectivity index is 1.76. The average Bonchev–Trinajstić information content (AvgIpc) is 2.93. The van der Waals surface area contributed by atoms with Crippen molar-refractivity contribution in [2.75, 3.05) is 30.5 Å². The first kappa shape index (κ1) is 31.7. The minimum atomic E-state index is -5.83. The number of rotatable bonds is 9. The van der Waals surface area contributed by atoms with Crippen molar-refractivity contribution in [3.05, 3.63) is 60.2 Å². The van der Waals surface area contributed by atoms with Crippen LogP contribution in [0.4, 0.5) is 38.1 Å². The van der Waals surface area contributed by atoms with Gasteiger partial charge in [0.15, 0.2) is 15.7 Å².